The second-order valence-corrected chi connectivity index (χ2v) is 9.63. The second-order valence-electron chi connectivity index (χ2n) is 9.63. The fourth-order valence-electron chi connectivity index (χ4n) is 4.72. The van der Waals surface area contributed by atoms with Gasteiger partial charge in [0.2, 0.25) is 0 Å². The van der Waals surface area contributed by atoms with E-state index in [2.05, 4.69) is 57.0 Å². The highest BCUT2D eigenvalue weighted by Gasteiger charge is 2.38. The van der Waals surface area contributed by atoms with Crippen LogP contribution < -0.4 is 10.2 Å². The van der Waals surface area contributed by atoms with Crippen LogP contribution in [-0.2, 0) is 9.53 Å². The number of anilines is 2. The summed E-state index contributed by atoms with van der Waals surface area (Å²) in [5, 5.41) is 3.58. The van der Waals surface area contributed by atoms with Crippen LogP contribution in [0.25, 0.3) is 0 Å². The molecule has 27 heavy (non-hydrogen) atoms. The van der Waals surface area contributed by atoms with Crippen molar-refractivity contribution in [2.24, 2.45) is 17.8 Å². The predicted molar refractivity (Wildman–Crippen MR) is 112 cm³/mol. The van der Waals surface area contributed by atoms with Crippen LogP contribution in [0.5, 0.6) is 0 Å². The highest BCUT2D eigenvalue weighted by atomic mass is 16.5. The summed E-state index contributed by atoms with van der Waals surface area (Å²) in [5.41, 5.74) is 2.07. The van der Waals surface area contributed by atoms with Crippen LogP contribution in [0.2, 0.25) is 0 Å². The van der Waals surface area contributed by atoms with Gasteiger partial charge in [-0.2, -0.15) is 0 Å². The van der Waals surface area contributed by atoms with Crippen LogP contribution >= 0.6 is 0 Å². The van der Waals surface area contributed by atoms with Gasteiger partial charge in [-0.05, 0) is 63.5 Å². The molecule has 1 N–H and O–H groups in total. The van der Waals surface area contributed by atoms with Gasteiger partial charge in [0.25, 0.3) is 0 Å². The monoisotopic (exact) mass is 372 g/mol. The Morgan fingerprint density at radius 3 is 2.63 bits per heavy atom. The van der Waals surface area contributed by atoms with E-state index in [-0.39, 0.29) is 23.7 Å². The number of nitrogens with zero attached hydrogens (tertiary/aromatic N) is 1. The van der Waals surface area contributed by atoms with E-state index in [9.17, 15) is 4.79 Å². The number of ether oxygens (including phenoxy) is 1. The van der Waals surface area contributed by atoms with E-state index >= 15 is 0 Å². The Kier molecular flexibility index (Phi) is 5.73. The topological polar surface area (TPSA) is 41.6 Å². The molecule has 1 aliphatic heterocycles. The first-order valence-corrected chi connectivity index (χ1v) is 10.5. The Morgan fingerprint density at radius 1 is 1.22 bits per heavy atom. The first-order valence-electron chi connectivity index (χ1n) is 10.5. The van der Waals surface area contributed by atoms with Crippen molar-refractivity contribution in [3.05, 3.63) is 24.3 Å². The van der Waals surface area contributed by atoms with Crippen molar-refractivity contribution in [3.63, 3.8) is 0 Å². The van der Waals surface area contributed by atoms with Gasteiger partial charge >= 0.3 is 5.97 Å². The maximum absolute atomic E-state index is 13.1. The minimum Gasteiger partial charge on any atom is -0.461 e. The lowest BCUT2D eigenvalue weighted by molar-refractivity contribution is -0.157. The third-order valence-corrected chi connectivity index (χ3v) is 6.29. The van der Waals surface area contributed by atoms with Gasteiger partial charge < -0.3 is 15.0 Å². The Balaban J connectivity index is 1.77. The molecule has 4 nitrogen and oxygen atoms in total. The van der Waals surface area contributed by atoms with Crippen LogP contribution in [0.15, 0.2) is 24.3 Å². The highest BCUT2D eigenvalue weighted by Crippen LogP contribution is 2.38. The van der Waals surface area contributed by atoms with Crippen LogP contribution in [0.3, 0.4) is 0 Å². The molecule has 150 valence electrons. The molecule has 0 aromatic heterocycles. The van der Waals surface area contributed by atoms with Crippen LogP contribution in [0.1, 0.15) is 60.8 Å². The third kappa shape index (κ3) is 4.41. The molecule has 0 spiro atoms. The first kappa shape index (κ1) is 20.0. The van der Waals surface area contributed by atoms with Gasteiger partial charge in [-0.1, -0.05) is 39.3 Å². The molecule has 1 saturated carbocycles. The Morgan fingerprint density at radius 2 is 1.93 bits per heavy atom. The fraction of sp³-hybridized carbons (Fsp3) is 0.696. The number of carbonyl (C=O) groups is 1. The molecule has 1 heterocycles. The van der Waals surface area contributed by atoms with Crippen molar-refractivity contribution in [3.8, 4) is 0 Å². The molecule has 0 saturated heterocycles. The quantitative estimate of drug-likeness (QED) is 0.748. The molecule has 0 amide bonds. The number of hydrogen-bond donors (Lipinski definition) is 1. The number of rotatable bonds is 4. The number of hydrogen-bond acceptors (Lipinski definition) is 4. The van der Waals surface area contributed by atoms with E-state index in [1.54, 1.807) is 0 Å². The lowest BCUT2D eigenvalue weighted by Crippen LogP contribution is -2.54. The number of benzene rings is 1. The van der Waals surface area contributed by atoms with Crippen molar-refractivity contribution in [1.82, 2.24) is 0 Å². The standard InChI is InChI=1S/C23H36N2O2/c1-15(2)18-12-11-16(3)13-21(18)27-22(26)17(4)25-14-23(5,6)24-19-9-7-8-10-20(19)25/h7-10,15-18,21,24H,11-14H2,1-6H3. The normalized spacial score (nSPS) is 28.3. The molecule has 1 fully saturated rings. The SMILES string of the molecule is CC1CCC(C(C)C)C(OC(=O)C(C)N2CC(C)(C)Nc3ccccc32)C1. The number of fused-ring (bicyclic) bond motifs is 1. The fourth-order valence-corrected chi connectivity index (χ4v) is 4.72. The molecule has 1 aromatic rings. The summed E-state index contributed by atoms with van der Waals surface area (Å²) in [7, 11) is 0. The summed E-state index contributed by atoms with van der Waals surface area (Å²) < 4.78 is 6.13. The molecule has 4 atom stereocenters. The van der Waals surface area contributed by atoms with Crippen LogP contribution in [0, 0.1) is 17.8 Å². The summed E-state index contributed by atoms with van der Waals surface area (Å²) in [6.07, 6.45) is 3.45. The lowest BCUT2D eigenvalue weighted by Gasteiger charge is -2.44. The van der Waals surface area contributed by atoms with Crippen molar-refractivity contribution >= 4 is 17.3 Å². The van der Waals surface area contributed by atoms with Gasteiger partial charge in [0.05, 0.1) is 11.4 Å². The molecule has 0 radical (unpaired) electrons. The summed E-state index contributed by atoms with van der Waals surface area (Å²) in [6.45, 7) is 13.9. The van der Waals surface area contributed by atoms with Crippen molar-refractivity contribution < 1.29 is 9.53 Å². The van der Waals surface area contributed by atoms with Crippen molar-refractivity contribution in [1.29, 1.82) is 0 Å². The molecule has 3 rings (SSSR count). The Labute approximate surface area is 164 Å². The molecule has 1 aliphatic carbocycles. The van der Waals surface area contributed by atoms with Gasteiger partial charge in [0.15, 0.2) is 0 Å². The summed E-state index contributed by atoms with van der Waals surface area (Å²) in [6, 6.07) is 7.93. The molecule has 2 aliphatic rings. The largest absolute Gasteiger partial charge is 0.461 e. The lowest BCUT2D eigenvalue weighted by atomic mass is 9.75. The van der Waals surface area contributed by atoms with E-state index < -0.39 is 0 Å². The molecule has 0 bridgehead atoms. The van der Waals surface area contributed by atoms with Gasteiger partial charge in [-0.15, -0.1) is 0 Å². The van der Waals surface area contributed by atoms with Crippen molar-refractivity contribution in [2.75, 3.05) is 16.8 Å². The van der Waals surface area contributed by atoms with Gasteiger partial charge in [0, 0.05) is 12.1 Å². The minimum absolute atomic E-state index is 0.0508. The Hall–Kier alpha value is -1.71. The third-order valence-electron chi connectivity index (χ3n) is 6.29. The number of esters is 1. The predicted octanol–water partition coefficient (Wildman–Crippen LogP) is 5.09. The average molecular weight is 373 g/mol. The smallest absolute Gasteiger partial charge is 0.328 e. The first-order chi connectivity index (χ1) is 12.7. The molecule has 4 heteroatoms. The van der Waals surface area contributed by atoms with E-state index in [0.717, 1.165) is 30.8 Å². The number of nitrogens with one attached hydrogen (secondary N) is 1. The second kappa shape index (κ2) is 7.73. The maximum Gasteiger partial charge on any atom is 0.328 e. The minimum atomic E-state index is -0.294. The van der Waals surface area contributed by atoms with Gasteiger partial charge in [0.1, 0.15) is 12.1 Å². The summed E-state index contributed by atoms with van der Waals surface area (Å²) in [5.74, 6) is 1.56. The summed E-state index contributed by atoms with van der Waals surface area (Å²) in [4.78, 5) is 15.3. The molecule has 1 aromatic carbocycles. The van der Waals surface area contributed by atoms with Gasteiger partial charge in [-0.3, -0.25) is 0 Å². The molecule has 4 unspecified atom stereocenters. The highest BCUT2D eigenvalue weighted by molar-refractivity contribution is 5.84. The summed E-state index contributed by atoms with van der Waals surface area (Å²) >= 11 is 0. The molecular formula is C23H36N2O2. The van der Waals surface area contributed by atoms with Crippen LogP contribution in [0.4, 0.5) is 11.4 Å². The van der Waals surface area contributed by atoms with Crippen molar-refractivity contribution in [2.45, 2.75) is 78.5 Å². The zero-order valence-electron chi connectivity index (χ0n) is 17.8. The average Bonchev–Trinajstić information content (AvgIpc) is 2.59. The van der Waals surface area contributed by atoms with Gasteiger partial charge in [-0.25, -0.2) is 4.79 Å². The zero-order chi connectivity index (χ0) is 19.8. The molecular weight excluding hydrogens is 336 g/mol. The Bertz CT molecular complexity index is 670. The maximum atomic E-state index is 13.1. The van der Waals surface area contributed by atoms with E-state index in [4.69, 9.17) is 4.74 Å². The zero-order valence-corrected chi connectivity index (χ0v) is 17.8. The van der Waals surface area contributed by atoms with E-state index in [0.29, 0.717) is 17.8 Å². The van der Waals surface area contributed by atoms with E-state index in [1.807, 2.05) is 19.1 Å². The van der Waals surface area contributed by atoms with E-state index in [1.165, 1.54) is 6.42 Å². The van der Waals surface area contributed by atoms with Crippen LogP contribution in [-0.4, -0.2) is 30.2 Å². The number of carbonyl (C=O) groups excluding carboxylic acids is 1. The number of para-hydroxylation sites is 2.